The molecular weight excluding hydrogens is 257 g/mol. The fourth-order valence-electron chi connectivity index (χ4n) is 1.57. The van der Waals surface area contributed by atoms with E-state index in [4.69, 9.17) is 5.73 Å². The first-order valence-electron chi connectivity index (χ1n) is 5.35. The van der Waals surface area contributed by atoms with E-state index >= 15 is 0 Å². The molecule has 3 heteroatoms. The maximum atomic E-state index is 13.5. The molecular formula is C12H17BrFN. The van der Waals surface area contributed by atoms with Crippen LogP contribution in [0.4, 0.5) is 4.39 Å². The zero-order valence-corrected chi connectivity index (χ0v) is 10.6. The van der Waals surface area contributed by atoms with E-state index < -0.39 is 0 Å². The number of rotatable bonds is 5. The molecule has 0 unspecified atom stereocenters. The molecule has 0 heterocycles. The maximum absolute atomic E-state index is 13.5. The van der Waals surface area contributed by atoms with Gasteiger partial charge in [-0.1, -0.05) is 48.2 Å². The van der Waals surface area contributed by atoms with Crippen molar-refractivity contribution in [1.29, 1.82) is 0 Å². The highest BCUT2D eigenvalue weighted by molar-refractivity contribution is 9.10. The number of nitrogens with two attached hydrogens (primary N) is 1. The van der Waals surface area contributed by atoms with Crippen LogP contribution in [0.3, 0.4) is 0 Å². The molecule has 0 amide bonds. The summed E-state index contributed by atoms with van der Waals surface area (Å²) in [6, 6.07) is 4.88. The lowest BCUT2D eigenvalue weighted by molar-refractivity contribution is 0.538. The number of benzene rings is 1. The molecule has 0 saturated heterocycles. The molecule has 0 aliphatic carbocycles. The van der Waals surface area contributed by atoms with Gasteiger partial charge < -0.3 is 5.73 Å². The first kappa shape index (κ1) is 12.7. The highest BCUT2D eigenvalue weighted by atomic mass is 79.9. The average Bonchev–Trinajstić information content (AvgIpc) is 2.17. The van der Waals surface area contributed by atoms with Crippen molar-refractivity contribution in [3.8, 4) is 0 Å². The van der Waals surface area contributed by atoms with Crippen LogP contribution < -0.4 is 5.73 Å². The zero-order chi connectivity index (χ0) is 11.3. The molecule has 2 N–H and O–H groups in total. The molecule has 0 aliphatic heterocycles. The summed E-state index contributed by atoms with van der Waals surface area (Å²) in [5.74, 6) is -0.214. The summed E-state index contributed by atoms with van der Waals surface area (Å²) >= 11 is 3.23. The fraction of sp³-hybridized carbons (Fsp3) is 0.500. The molecule has 0 fully saturated rings. The van der Waals surface area contributed by atoms with Gasteiger partial charge in [-0.05, 0) is 18.6 Å². The normalized spacial score (nSPS) is 12.8. The Morgan fingerprint density at radius 1 is 1.40 bits per heavy atom. The van der Waals surface area contributed by atoms with E-state index in [1.165, 1.54) is 6.07 Å². The SMILES string of the molecule is CCCCC[C@H](N)c1ccc(Br)cc1F. The topological polar surface area (TPSA) is 26.0 Å². The summed E-state index contributed by atoms with van der Waals surface area (Å²) in [6.45, 7) is 2.14. The third-order valence-electron chi connectivity index (χ3n) is 2.48. The zero-order valence-electron chi connectivity index (χ0n) is 8.97. The molecule has 0 aromatic heterocycles. The van der Waals surface area contributed by atoms with Crippen LogP contribution in [0.15, 0.2) is 22.7 Å². The molecule has 0 bridgehead atoms. The highest BCUT2D eigenvalue weighted by Crippen LogP contribution is 2.23. The minimum Gasteiger partial charge on any atom is -0.324 e. The minimum atomic E-state index is -0.214. The standard InChI is InChI=1S/C12H17BrFN/c1-2-3-4-5-12(15)10-7-6-9(13)8-11(10)14/h6-8,12H,2-5,15H2,1H3/t12-/m0/s1. The third kappa shape index (κ3) is 3.92. The van der Waals surface area contributed by atoms with Gasteiger partial charge in [-0.2, -0.15) is 0 Å². The van der Waals surface area contributed by atoms with Gasteiger partial charge in [0.05, 0.1) is 0 Å². The predicted molar refractivity (Wildman–Crippen MR) is 65.2 cm³/mol. The van der Waals surface area contributed by atoms with E-state index in [1.54, 1.807) is 6.07 Å². The second-order valence-corrected chi connectivity index (χ2v) is 4.68. The summed E-state index contributed by atoms with van der Waals surface area (Å²) in [7, 11) is 0. The Balaban J connectivity index is 2.61. The lowest BCUT2D eigenvalue weighted by Gasteiger charge is -2.12. The van der Waals surface area contributed by atoms with Crippen LogP contribution in [0.5, 0.6) is 0 Å². The lowest BCUT2D eigenvalue weighted by atomic mass is 10.0. The molecule has 84 valence electrons. The van der Waals surface area contributed by atoms with E-state index in [0.29, 0.717) is 5.56 Å². The third-order valence-corrected chi connectivity index (χ3v) is 2.97. The molecule has 1 aromatic carbocycles. The highest BCUT2D eigenvalue weighted by Gasteiger charge is 2.10. The Morgan fingerprint density at radius 3 is 2.73 bits per heavy atom. The summed E-state index contributed by atoms with van der Waals surface area (Å²) < 4.78 is 14.3. The van der Waals surface area contributed by atoms with Crippen molar-refractivity contribution in [2.75, 3.05) is 0 Å². The van der Waals surface area contributed by atoms with Gasteiger partial charge >= 0.3 is 0 Å². The van der Waals surface area contributed by atoms with Crippen molar-refractivity contribution in [3.05, 3.63) is 34.1 Å². The number of unbranched alkanes of at least 4 members (excludes halogenated alkanes) is 2. The molecule has 0 aliphatic rings. The van der Waals surface area contributed by atoms with Gasteiger partial charge in [-0.15, -0.1) is 0 Å². The molecule has 0 radical (unpaired) electrons. The average molecular weight is 274 g/mol. The van der Waals surface area contributed by atoms with E-state index in [1.807, 2.05) is 6.07 Å². The Kier molecular flexibility index (Phi) is 5.26. The minimum absolute atomic E-state index is 0.176. The predicted octanol–water partition coefficient (Wildman–Crippen LogP) is 4.17. The number of hydrogen-bond acceptors (Lipinski definition) is 1. The number of halogens is 2. The molecule has 0 saturated carbocycles. The van der Waals surface area contributed by atoms with Crippen LogP contribution in [-0.4, -0.2) is 0 Å². The van der Waals surface area contributed by atoms with Crippen molar-refractivity contribution >= 4 is 15.9 Å². The van der Waals surface area contributed by atoms with Gasteiger partial charge in [0.1, 0.15) is 5.82 Å². The lowest BCUT2D eigenvalue weighted by Crippen LogP contribution is -2.11. The monoisotopic (exact) mass is 273 g/mol. The van der Waals surface area contributed by atoms with Crippen LogP contribution in [0, 0.1) is 5.82 Å². The summed E-state index contributed by atoms with van der Waals surface area (Å²) in [5, 5.41) is 0. The van der Waals surface area contributed by atoms with Crippen molar-refractivity contribution < 1.29 is 4.39 Å². The van der Waals surface area contributed by atoms with Gasteiger partial charge in [-0.3, -0.25) is 0 Å². The summed E-state index contributed by atoms with van der Waals surface area (Å²) in [5.41, 5.74) is 6.55. The van der Waals surface area contributed by atoms with Gasteiger partial charge in [0.15, 0.2) is 0 Å². The van der Waals surface area contributed by atoms with Gasteiger partial charge in [0, 0.05) is 16.1 Å². The van der Waals surface area contributed by atoms with Gasteiger partial charge in [0.25, 0.3) is 0 Å². The van der Waals surface area contributed by atoms with Crippen molar-refractivity contribution in [3.63, 3.8) is 0 Å². The van der Waals surface area contributed by atoms with Crippen LogP contribution in [0.2, 0.25) is 0 Å². The van der Waals surface area contributed by atoms with Crippen LogP contribution in [-0.2, 0) is 0 Å². The maximum Gasteiger partial charge on any atom is 0.129 e. The fourth-order valence-corrected chi connectivity index (χ4v) is 1.91. The van der Waals surface area contributed by atoms with E-state index in [-0.39, 0.29) is 11.9 Å². The molecule has 1 aromatic rings. The van der Waals surface area contributed by atoms with Crippen molar-refractivity contribution in [2.24, 2.45) is 5.73 Å². The van der Waals surface area contributed by atoms with Gasteiger partial charge in [0.2, 0.25) is 0 Å². The number of hydrogen-bond donors (Lipinski definition) is 1. The van der Waals surface area contributed by atoms with E-state index in [2.05, 4.69) is 22.9 Å². The van der Waals surface area contributed by atoms with Crippen molar-refractivity contribution in [1.82, 2.24) is 0 Å². The first-order chi connectivity index (χ1) is 7.15. The van der Waals surface area contributed by atoms with Crippen LogP contribution >= 0.6 is 15.9 Å². The van der Waals surface area contributed by atoms with Crippen LogP contribution in [0.1, 0.15) is 44.2 Å². The molecule has 1 rings (SSSR count). The Bertz CT molecular complexity index is 314. The second kappa shape index (κ2) is 6.23. The Labute approximate surface area is 99.0 Å². The molecule has 1 nitrogen and oxygen atoms in total. The largest absolute Gasteiger partial charge is 0.324 e. The van der Waals surface area contributed by atoms with Crippen LogP contribution in [0.25, 0.3) is 0 Å². The van der Waals surface area contributed by atoms with Crippen molar-refractivity contribution in [2.45, 2.75) is 38.6 Å². The van der Waals surface area contributed by atoms with E-state index in [0.717, 1.165) is 30.2 Å². The summed E-state index contributed by atoms with van der Waals surface area (Å²) in [4.78, 5) is 0. The quantitative estimate of drug-likeness (QED) is 0.801. The first-order valence-corrected chi connectivity index (χ1v) is 6.15. The Morgan fingerprint density at radius 2 is 2.13 bits per heavy atom. The summed E-state index contributed by atoms with van der Waals surface area (Å²) in [6.07, 6.45) is 4.24. The Hall–Kier alpha value is -0.410. The smallest absolute Gasteiger partial charge is 0.129 e. The van der Waals surface area contributed by atoms with E-state index in [9.17, 15) is 4.39 Å². The second-order valence-electron chi connectivity index (χ2n) is 3.77. The van der Waals surface area contributed by atoms with Gasteiger partial charge in [-0.25, -0.2) is 4.39 Å². The molecule has 1 atom stereocenters. The molecule has 15 heavy (non-hydrogen) atoms. The molecule has 0 spiro atoms.